The lowest BCUT2D eigenvalue weighted by Gasteiger charge is -2.33. The lowest BCUT2D eigenvalue weighted by molar-refractivity contribution is -0.136. The summed E-state index contributed by atoms with van der Waals surface area (Å²) in [5, 5.41) is 0. The molecule has 80 valence electrons. The van der Waals surface area contributed by atoms with Crippen molar-refractivity contribution in [1.82, 2.24) is 4.90 Å². The van der Waals surface area contributed by atoms with E-state index in [-0.39, 0.29) is 18.4 Å². The number of alkyl halides is 2. The molecule has 1 aliphatic heterocycles. The zero-order valence-corrected chi connectivity index (χ0v) is 8.82. The van der Waals surface area contributed by atoms with Gasteiger partial charge in [-0.1, -0.05) is 0 Å². The normalized spacial score (nSPS) is 35.5. The van der Waals surface area contributed by atoms with Crippen LogP contribution in [0.25, 0.3) is 0 Å². The summed E-state index contributed by atoms with van der Waals surface area (Å²) in [6.45, 7) is 2.54. The first-order valence-corrected chi connectivity index (χ1v) is 5.94. The number of carbonyl (C=O) groups is 1. The Balaban J connectivity index is 1.97. The number of rotatable bonds is 1. The van der Waals surface area contributed by atoms with E-state index < -0.39 is 11.8 Å². The smallest absolute Gasteiger partial charge is 0.260 e. The minimum absolute atomic E-state index is 0.109. The Kier molecular flexibility index (Phi) is 2.45. The van der Waals surface area contributed by atoms with Gasteiger partial charge >= 0.3 is 0 Å². The quantitative estimate of drug-likeness (QED) is 0.670. The second-order valence-electron chi connectivity index (χ2n) is 3.97. The number of halogens is 2. The van der Waals surface area contributed by atoms with Gasteiger partial charge in [-0.2, -0.15) is 11.8 Å². The number of amides is 1. The molecule has 0 radical (unpaired) electrons. The zero-order chi connectivity index (χ0) is 10.3. The van der Waals surface area contributed by atoms with Gasteiger partial charge in [-0.05, 0) is 6.92 Å². The molecule has 1 saturated heterocycles. The van der Waals surface area contributed by atoms with Gasteiger partial charge in [-0.15, -0.1) is 0 Å². The lowest BCUT2D eigenvalue weighted by atomic mass is 10.2. The van der Waals surface area contributed by atoms with E-state index in [1.54, 1.807) is 16.7 Å². The van der Waals surface area contributed by atoms with Gasteiger partial charge in [0, 0.05) is 30.5 Å². The van der Waals surface area contributed by atoms with Crippen molar-refractivity contribution in [2.75, 3.05) is 18.1 Å². The van der Waals surface area contributed by atoms with Crippen LogP contribution >= 0.6 is 11.8 Å². The van der Waals surface area contributed by atoms with E-state index in [2.05, 4.69) is 0 Å². The maximum Gasteiger partial charge on any atom is 0.260 e. The van der Waals surface area contributed by atoms with Gasteiger partial charge in [0.15, 0.2) is 0 Å². The van der Waals surface area contributed by atoms with Crippen molar-refractivity contribution < 1.29 is 13.6 Å². The van der Waals surface area contributed by atoms with E-state index in [0.29, 0.717) is 6.54 Å². The molecule has 1 aliphatic carbocycles. The molecule has 0 bridgehead atoms. The van der Waals surface area contributed by atoms with E-state index >= 15 is 0 Å². The molecule has 0 unspecified atom stereocenters. The SMILES string of the molecule is C[C@@H]1CSCCN1C(=O)[C@H]1CC1(F)F. The van der Waals surface area contributed by atoms with Crippen molar-refractivity contribution in [2.24, 2.45) is 5.92 Å². The van der Waals surface area contributed by atoms with E-state index in [4.69, 9.17) is 0 Å². The van der Waals surface area contributed by atoms with Gasteiger partial charge in [0.25, 0.3) is 5.92 Å². The van der Waals surface area contributed by atoms with Crippen LogP contribution in [-0.4, -0.2) is 40.8 Å². The molecule has 1 saturated carbocycles. The summed E-state index contributed by atoms with van der Waals surface area (Å²) in [6.07, 6.45) is -0.248. The Morgan fingerprint density at radius 2 is 2.21 bits per heavy atom. The fraction of sp³-hybridized carbons (Fsp3) is 0.889. The van der Waals surface area contributed by atoms with Gasteiger partial charge < -0.3 is 4.90 Å². The molecule has 1 heterocycles. The Hall–Kier alpha value is -0.320. The zero-order valence-electron chi connectivity index (χ0n) is 8.00. The van der Waals surface area contributed by atoms with Crippen LogP contribution in [0.4, 0.5) is 8.78 Å². The van der Waals surface area contributed by atoms with Crippen LogP contribution < -0.4 is 0 Å². The summed E-state index contributed by atoms with van der Waals surface area (Å²) in [4.78, 5) is 13.2. The number of carbonyl (C=O) groups excluding carboxylic acids is 1. The van der Waals surface area contributed by atoms with Crippen LogP contribution in [0.1, 0.15) is 13.3 Å². The first-order valence-electron chi connectivity index (χ1n) is 4.78. The summed E-state index contributed by atoms with van der Waals surface area (Å²) in [7, 11) is 0. The molecule has 0 aromatic rings. The van der Waals surface area contributed by atoms with E-state index in [0.717, 1.165) is 11.5 Å². The number of thioether (sulfide) groups is 1. The van der Waals surface area contributed by atoms with Gasteiger partial charge in [-0.3, -0.25) is 4.79 Å². The molecular weight excluding hydrogens is 208 g/mol. The molecule has 5 heteroatoms. The lowest BCUT2D eigenvalue weighted by Crippen LogP contribution is -2.45. The van der Waals surface area contributed by atoms with Gasteiger partial charge in [0.2, 0.25) is 5.91 Å². The molecule has 2 nitrogen and oxygen atoms in total. The van der Waals surface area contributed by atoms with Crippen molar-refractivity contribution in [3.8, 4) is 0 Å². The second kappa shape index (κ2) is 3.36. The highest BCUT2D eigenvalue weighted by atomic mass is 32.2. The largest absolute Gasteiger partial charge is 0.338 e. The van der Waals surface area contributed by atoms with Crippen LogP contribution in [0.2, 0.25) is 0 Å². The summed E-state index contributed by atoms with van der Waals surface area (Å²) in [6, 6.07) is 0.109. The standard InChI is InChI=1S/C9H13F2NOS/c1-6-5-14-3-2-12(6)8(13)7-4-9(7,10)11/h6-7H,2-5H2,1H3/t6-,7-/m1/s1. The summed E-state index contributed by atoms with van der Waals surface area (Å²) < 4.78 is 25.4. The van der Waals surface area contributed by atoms with E-state index in [1.165, 1.54) is 0 Å². The Morgan fingerprint density at radius 1 is 1.57 bits per heavy atom. The molecule has 2 aliphatic rings. The number of nitrogens with zero attached hydrogens (tertiary/aromatic N) is 1. The van der Waals surface area contributed by atoms with E-state index in [1.807, 2.05) is 6.92 Å². The van der Waals surface area contributed by atoms with Crippen LogP contribution in [0.3, 0.4) is 0 Å². The van der Waals surface area contributed by atoms with Gasteiger partial charge in [0.1, 0.15) is 5.92 Å². The third-order valence-electron chi connectivity index (χ3n) is 2.77. The fourth-order valence-corrected chi connectivity index (χ4v) is 2.75. The first-order chi connectivity index (χ1) is 6.52. The monoisotopic (exact) mass is 221 g/mol. The van der Waals surface area contributed by atoms with Crippen LogP contribution in [0.15, 0.2) is 0 Å². The van der Waals surface area contributed by atoms with Crippen molar-refractivity contribution in [2.45, 2.75) is 25.3 Å². The number of hydrogen-bond acceptors (Lipinski definition) is 2. The molecule has 0 spiro atoms. The van der Waals surface area contributed by atoms with E-state index in [9.17, 15) is 13.6 Å². The molecule has 2 fully saturated rings. The predicted octanol–water partition coefficient (Wildman–Crippen LogP) is 1.61. The van der Waals surface area contributed by atoms with Gasteiger partial charge in [-0.25, -0.2) is 8.78 Å². The molecular formula is C9H13F2NOS. The summed E-state index contributed by atoms with van der Waals surface area (Å²) in [5.74, 6) is -2.35. The number of hydrogen-bond donors (Lipinski definition) is 0. The molecule has 14 heavy (non-hydrogen) atoms. The second-order valence-corrected chi connectivity index (χ2v) is 5.12. The maximum absolute atomic E-state index is 12.7. The maximum atomic E-state index is 12.7. The Labute approximate surface area is 86.0 Å². The van der Waals surface area contributed by atoms with Crippen molar-refractivity contribution in [3.05, 3.63) is 0 Å². The van der Waals surface area contributed by atoms with Crippen LogP contribution in [0, 0.1) is 5.92 Å². The van der Waals surface area contributed by atoms with Crippen molar-refractivity contribution >= 4 is 17.7 Å². The molecule has 2 rings (SSSR count). The molecule has 0 aromatic heterocycles. The summed E-state index contributed by atoms with van der Waals surface area (Å²) in [5.41, 5.74) is 0. The Bertz CT molecular complexity index is 259. The first kappa shape index (κ1) is 10.2. The average molecular weight is 221 g/mol. The minimum Gasteiger partial charge on any atom is -0.338 e. The third-order valence-corrected chi connectivity index (χ3v) is 3.96. The minimum atomic E-state index is -2.72. The fourth-order valence-electron chi connectivity index (χ4n) is 1.74. The predicted molar refractivity (Wildman–Crippen MR) is 51.6 cm³/mol. The highest BCUT2D eigenvalue weighted by Crippen LogP contribution is 2.49. The average Bonchev–Trinajstić information content (AvgIpc) is 2.75. The van der Waals surface area contributed by atoms with Crippen molar-refractivity contribution in [3.63, 3.8) is 0 Å². The topological polar surface area (TPSA) is 20.3 Å². The van der Waals surface area contributed by atoms with Crippen LogP contribution in [-0.2, 0) is 4.79 Å². The Morgan fingerprint density at radius 3 is 2.71 bits per heavy atom. The molecule has 1 amide bonds. The molecule has 0 N–H and O–H groups in total. The molecule has 2 atom stereocenters. The van der Waals surface area contributed by atoms with Crippen molar-refractivity contribution in [1.29, 1.82) is 0 Å². The highest BCUT2D eigenvalue weighted by Gasteiger charge is 2.62. The third kappa shape index (κ3) is 1.74. The van der Waals surface area contributed by atoms with Crippen LogP contribution in [0.5, 0.6) is 0 Å². The summed E-state index contributed by atoms with van der Waals surface area (Å²) >= 11 is 1.77. The highest BCUT2D eigenvalue weighted by molar-refractivity contribution is 7.99. The van der Waals surface area contributed by atoms with Gasteiger partial charge in [0.05, 0.1) is 0 Å². The molecule has 0 aromatic carbocycles.